The molecule has 0 amide bonds. The van der Waals surface area contributed by atoms with Crippen molar-refractivity contribution in [2.45, 2.75) is 25.8 Å². The minimum atomic E-state index is 0.644. The molecule has 2 atom stereocenters. The average Bonchev–Trinajstić information content (AvgIpc) is 2.86. The Kier molecular flexibility index (Phi) is 4.88. The Morgan fingerprint density at radius 1 is 1.47 bits per heavy atom. The van der Waals surface area contributed by atoms with Gasteiger partial charge >= 0.3 is 0 Å². The number of rotatable bonds is 5. The molecule has 0 aromatic heterocycles. The van der Waals surface area contributed by atoms with Crippen molar-refractivity contribution >= 4 is 5.96 Å². The Labute approximate surface area is 93.1 Å². The molecule has 1 rings (SSSR count). The number of nitrogens with one attached hydrogen (secondary N) is 2. The molecule has 0 aliphatic heterocycles. The zero-order valence-electron chi connectivity index (χ0n) is 10.4. The van der Waals surface area contributed by atoms with Gasteiger partial charge in [-0.1, -0.05) is 6.92 Å². The monoisotopic (exact) mass is 212 g/mol. The number of nitrogens with zero attached hydrogens (tertiary/aromatic N) is 2. The topological polar surface area (TPSA) is 39.7 Å². The summed E-state index contributed by atoms with van der Waals surface area (Å²) < 4.78 is 0. The first-order valence-corrected chi connectivity index (χ1v) is 5.75. The maximum absolute atomic E-state index is 4.20. The number of aliphatic imine (C=N–C) groups is 1. The Morgan fingerprint density at radius 3 is 2.60 bits per heavy atom. The Hall–Kier alpha value is -0.770. The molecule has 1 saturated carbocycles. The van der Waals surface area contributed by atoms with Crippen molar-refractivity contribution in [1.82, 2.24) is 15.5 Å². The molecule has 0 aromatic carbocycles. The standard InChI is InChI=1S/C11H24N4/c1-9-8-10(9)14-11(12-2)13-6-5-7-15(3)4/h9-10H,5-8H2,1-4H3,(H2,12,13,14). The third-order valence-corrected chi connectivity index (χ3v) is 2.73. The first kappa shape index (κ1) is 12.3. The molecule has 4 heteroatoms. The summed E-state index contributed by atoms with van der Waals surface area (Å²) in [6.45, 7) is 4.36. The number of guanidine groups is 1. The van der Waals surface area contributed by atoms with Gasteiger partial charge in [0.1, 0.15) is 0 Å². The van der Waals surface area contributed by atoms with Crippen LogP contribution in [0.4, 0.5) is 0 Å². The van der Waals surface area contributed by atoms with Gasteiger partial charge in [0.2, 0.25) is 0 Å². The molecule has 0 bridgehead atoms. The van der Waals surface area contributed by atoms with Gasteiger partial charge in [-0.2, -0.15) is 0 Å². The molecule has 2 unspecified atom stereocenters. The van der Waals surface area contributed by atoms with E-state index in [1.54, 1.807) is 0 Å². The molecule has 15 heavy (non-hydrogen) atoms. The van der Waals surface area contributed by atoms with E-state index in [4.69, 9.17) is 0 Å². The quantitative estimate of drug-likeness (QED) is 0.396. The highest BCUT2D eigenvalue weighted by molar-refractivity contribution is 5.80. The number of hydrogen-bond donors (Lipinski definition) is 2. The zero-order chi connectivity index (χ0) is 11.3. The minimum Gasteiger partial charge on any atom is -0.356 e. The van der Waals surface area contributed by atoms with Crippen LogP contribution in [0.2, 0.25) is 0 Å². The van der Waals surface area contributed by atoms with Gasteiger partial charge in [-0.05, 0) is 39.4 Å². The van der Waals surface area contributed by atoms with E-state index in [1.807, 2.05) is 7.05 Å². The van der Waals surface area contributed by atoms with Crippen molar-refractivity contribution in [2.75, 3.05) is 34.2 Å². The van der Waals surface area contributed by atoms with Crippen LogP contribution in [-0.2, 0) is 0 Å². The Morgan fingerprint density at radius 2 is 2.13 bits per heavy atom. The molecule has 0 spiro atoms. The van der Waals surface area contributed by atoms with Crippen LogP contribution >= 0.6 is 0 Å². The van der Waals surface area contributed by atoms with Crippen molar-refractivity contribution in [3.8, 4) is 0 Å². The molecule has 0 aromatic rings. The van der Waals surface area contributed by atoms with Crippen molar-refractivity contribution in [2.24, 2.45) is 10.9 Å². The largest absolute Gasteiger partial charge is 0.356 e. The minimum absolute atomic E-state index is 0.644. The normalized spacial score (nSPS) is 25.5. The summed E-state index contributed by atoms with van der Waals surface area (Å²) in [5.74, 6) is 1.76. The highest BCUT2D eigenvalue weighted by Gasteiger charge is 2.32. The molecule has 88 valence electrons. The second-order valence-electron chi connectivity index (χ2n) is 4.62. The lowest BCUT2D eigenvalue weighted by molar-refractivity contribution is 0.399. The average molecular weight is 212 g/mol. The van der Waals surface area contributed by atoms with Crippen molar-refractivity contribution in [3.63, 3.8) is 0 Å². The van der Waals surface area contributed by atoms with Crippen LogP contribution in [0.3, 0.4) is 0 Å². The second-order valence-corrected chi connectivity index (χ2v) is 4.62. The van der Waals surface area contributed by atoms with E-state index in [0.29, 0.717) is 6.04 Å². The maximum Gasteiger partial charge on any atom is 0.191 e. The van der Waals surface area contributed by atoms with E-state index in [0.717, 1.165) is 31.4 Å². The van der Waals surface area contributed by atoms with Gasteiger partial charge < -0.3 is 15.5 Å². The van der Waals surface area contributed by atoms with E-state index >= 15 is 0 Å². The lowest BCUT2D eigenvalue weighted by Crippen LogP contribution is -2.40. The molecule has 1 aliphatic carbocycles. The van der Waals surface area contributed by atoms with Gasteiger partial charge in [-0.25, -0.2) is 0 Å². The molecular weight excluding hydrogens is 188 g/mol. The molecule has 2 N–H and O–H groups in total. The van der Waals surface area contributed by atoms with Crippen LogP contribution in [0.25, 0.3) is 0 Å². The lowest BCUT2D eigenvalue weighted by atomic mass is 10.4. The SMILES string of the molecule is CN=C(NCCCN(C)C)NC1CC1C. The maximum atomic E-state index is 4.20. The molecule has 0 heterocycles. The van der Waals surface area contributed by atoms with Gasteiger partial charge in [0.15, 0.2) is 5.96 Å². The highest BCUT2D eigenvalue weighted by Crippen LogP contribution is 2.28. The Bertz CT molecular complexity index is 213. The molecule has 0 saturated heterocycles. The molecule has 0 radical (unpaired) electrons. The molecular formula is C11H24N4. The lowest BCUT2D eigenvalue weighted by Gasteiger charge is -2.13. The van der Waals surface area contributed by atoms with Crippen LogP contribution < -0.4 is 10.6 Å². The molecule has 1 fully saturated rings. The first-order valence-electron chi connectivity index (χ1n) is 5.75. The summed E-state index contributed by atoms with van der Waals surface area (Å²) in [5.41, 5.74) is 0. The fraction of sp³-hybridized carbons (Fsp3) is 0.909. The summed E-state index contributed by atoms with van der Waals surface area (Å²) >= 11 is 0. The summed E-state index contributed by atoms with van der Waals surface area (Å²) in [4.78, 5) is 6.40. The second kappa shape index (κ2) is 5.95. The van der Waals surface area contributed by atoms with Gasteiger partial charge in [-0.15, -0.1) is 0 Å². The van der Waals surface area contributed by atoms with Crippen LogP contribution in [0.15, 0.2) is 4.99 Å². The van der Waals surface area contributed by atoms with Gasteiger partial charge in [0, 0.05) is 19.6 Å². The summed E-state index contributed by atoms with van der Waals surface area (Å²) in [6.07, 6.45) is 2.42. The summed E-state index contributed by atoms with van der Waals surface area (Å²) in [7, 11) is 6.02. The van der Waals surface area contributed by atoms with Crippen LogP contribution in [0.5, 0.6) is 0 Å². The van der Waals surface area contributed by atoms with Crippen LogP contribution in [0, 0.1) is 5.92 Å². The fourth-order valence-electron chi connectivity index (χ4n) is 1.50. The zero-order valence-corrected chi connectivity index (χ0v) is 10.4. The van der Waals surface area contributed by atoms with Gasteiger partial charge in [-0.3, -0.25) is 4.99 Å². The summed E-state index contributed by atoms with van der Waals surface area (Å²) in [5, 5.41) is 6.73. The van der Waals surface area contributed by atoms with Crippen molar-refractivity contribution in [3.05, 3.63) is 0 Å². The van der Waals surface area contributed by atoms with E-state index in [1.165, 1.54) is 6.42 Å². The first-order chi connectivity index (χ1) is 7.13. The predicted octanol–water partition coefficient (Wildman–Crippen LogP) is 0.512. The molecule has 1 aliphatic rings. The van der Waals surface area contributed by atoms with Crippen molar-refractivity contribution in [1.29, 1.82) is 0 Å². The third kappa shape index (κ3) is 5.02. The third-order valence-electron chi connectivity index (χ3n) is 2.73. The van der Waals surface area contributed by atoms with Crippen LogP contribution in [0.1, 0.15) is 19.8 Å². The van der Waals surface area contributed by atoms with E-state index in [9.17, 15) is 0 Å². The van der Waals surface area contributed by atoms with Crippen molar-refractivity contribution < 1.29 is 0 Å². The molecule has 4 nitrogen and oxygen atoms in total. The van der Waals surface area contributed by atoms with E-state index in [2.05, 4.69) is 41.5 Å². The predicted molar refractivity (Wildman–Crippen MR) is 65.2 cm³/mol. The van der Waals surface area contributed by atoms with E-state index < -0.39 is 0 Å². The highest BCUT2D eigenvalue weighted by atomic mass is 15.2. The Balaban J connectivity index is 2.07. The summed E-state index contributed by atoms with van der Waals surface area (Å²) in [6, 6.07) is 0.644. The van der Waals surface area contributed by atoms with Gasteiger partial charge in [0.05, 0.1) is 0 Å². The van der Waals surface area contributed by atoms with Crippen LogP contribution in [-0.4, -0.2) is 51.1 Å². The fourth-order valence-corrected chi connectivity index (χ4v) is 1.50. The van der Waals surface area contributed by atoms with E-state index in [-0.39, 0.29) is 0 Å². The number of hydrogen-bond acceptors (Lipinski definition) is 2. The smallest absolute Gasteiger partial charge is 0.191 e. The van der Waals surface area contributed by atoms with Gasteiger partial charge in [0.25, 0.3) is 0 Å².